The molecule has 0 bridgehead atoms. The van der Waals surface area contributed by atoms with Gasteiger partial charge in [-0.05, 0) is 43.5 Å². The number of furan rings is 1. The van der Waals surface area contributed by atoms with Crippen molar-refractivity contribution in [1.29, 1.82) is 5.26 Å². The molecule has 1 aliphatic heterocycles. The molecule has 1 aromatic heterocycles. The van der Waals surface area contributed by atoms with Gasteiger partial charge < -0.3 is 14.5 Å². The van der Waals surface area contributed by atoms with Gasteiger partial charge in [0.1, 0.15) is 23.2 Å². The standard InChI is InChI=1S/C20H19N3O5/c1-13-9-15(23(25)26)4-6-18(13)19-7-5-16(28-19)10-14(11-21)20(24)22-12-17-3-2-8-27-17/h4-7,9-10,17H,2-3,8,12H2,1H3,(H,22,24)/b14-10+/t17-/m1/s1. The lowest BCUT2D eigenvalue weighted by atomic mass is 10.1. The quantitative estimate of drug-likeness (QED) is 0.355. The molecule has 8 nitrogen and oxygen atoms in total. The van der Waals surface area contributed by atoms with Crippen LogP contribution >= 0.6 is 0 Å². The summed E-state index contributed by atoms with van der Waals surface area (Å²) in [6, 6.07) is 9.69. The topological polar surface area (TPSA) is 118 Å². The molecule has 1 aromatic carbocycles. The van der Waals surface area contributed by atoms with E-state index >= 15 is 0 Å². The summed E-state index contributed by atoms with van der Waals surface area (Å²) < 4.78 is 11.2. The predicted molar refractivity (Wildman–Crippen MR) is 101 cm³/mol. The van der Waals surface area contributed by atoms with E-state index < -0.39 is 10.8 Å². The summed E-state index contributed by atoms with van der Waals surface area (Å²) in [7, 11) is 0. The molecular formula is C20H19N3O5. The summed E-state index contributed by atoms with van der Waals surface area (Å²) in [5.41, 5.74) is 1.32. The van der Waals surface area contributed by atoms with Crippen LogP contribution < -0.4 is 5.32 Å². The van der Waals surface area contributed by atoms with Gasteiger partial charge in [0.05, 0.1) is 11.0 Å². The van der Waals surface area contributed by atoms with E-state index in [0.29, 0.717) is 35.8 Å². The van der Waals surface area contributed by atoms with Gasteiger partial charge in [0, 0.05) is 36.9 Å². The molecule has 2 heterocycles. The minimum atomic E-state index is -0.484. The van der Waals surface area contributed by atoms with Gasteiger partial charge in [-0.2, -0.15) is 5.26 Å². The van der Waals surface area contributed by atoms with Gasteiger partial charge in [0.2, 0.25) is 0 Å². The van der Waals surface area contributed by atoms with Crippen LogP contribution in [0.15, 0.2) is 40.3 Å². The van der Waals surface area contributed by atoms with Crippen LogP contribution in [0.4, 0.5) is 5.69 Å². The number of carbonyl (C=O) groups excluding carboxylic acids is 1. The van der Waals surface area contributed by atoms with Gasteiger partial charge in [-0.25, -0.2) is 0 Å². The third-order valence-electron chi connectivity index (χ3n) is 4.48. The number of non-ortho nitro benzene ring substituents is 1. The molecule has 0 unspecified atom stereocenters. The van der Waals surface area contributed by atoms with Crippen LogP contribution in [0.5, 0.6) is 0 Å². The van der Waals surface area contributed by atoms with Crippen LogP contribution in [0.3, 0.4) is 0 Å². The minimum absolute atomic E-state index is 0.00241. The molecule has 1 saturated heterocycles. The van der Waals surface area contributed by atoms with Crippen molar-refractivity contribution < 1.29 is 18.9 Å². The lowest BCUT2D eigenvalue weighted by Crippen LogP contribution is -2.32. The van der Waals surface area contributed by atoms with E-state index in [1.807, 2.05) is 6.07 Å². The molecule has 3 rings (SSSR count). The van der Waals surface area contributed by atoms with Crippen molar-refractivity contribution in [3.05, 3.63) is 57.3 Å². The maximum atomic E-state index is 12.2. The van der Waals surface area contributed by atoms with E-state index in [2.05, 4.69) is 5.32 Å². The third kappa shape index (κ3) is 4.45. The number of benzene rings is 1. The third-order valence-corrected chi connectivity index (χ3v) is 4.48. The molecule has 144 valence electrons. The number of carbonyl (C=O) groups is 1. The SMILES string of the molecule is Cc1cc([N+](=O)[O-])ccc1-c1ccc(/C=C(\C#N)C(=O)NC[C@H]2CCCO2)o1. The van der Waals surface area contributed by atoms with E-state index in [-0.39, 0.29) is 17.4 Å². The Kier molecular flexibility index (Phi) is 5.87. The highest BCUT2D eigenvalue weighted by Gasteiger charge is 2.18. The molecule has 1 fully saturated rings. The van der Waals surface area contributed by atoms with Gasteiger partial charge in [-0.15, -0.1) is 0 Å². The summed E-state index contributed by atoms with van der Waals surface area (Å²) in [5, 5.41) is 22.8. The Hall–Kier alpha value is -3.44. The van der Waals surface area contributed by atoms with Gasteiger partial charge in [0.15, 0.2) is 0 Å². The second kappa shape index (κ2) is 8.50. The zero-order valence-corrected chi connectivity index (χ0v) is 15.3. The van der Waals surface area contributed by atoms with Gasteiger partial charge in [-0.3, -0.25) is 14.9 Å². The van der Waals surface area contributed by atoms with E-state index in [4.69, 9.17) is 9.15 Å². The number of ether oxygens (including phenoxy) is 1. The lowest BCUT2D eigenvalue weighted by molar-refractivity contribution is -0.384. The maximum Gasteiger partial charge on any atom is 0.269 e. The number of nitro benzene ring substituents is 1. The summed E-state index contributed by atoms with van der Waals surface area (Å²) >= 11 is 0. The molecule has 1 amide bonds. The van der Waals surface area contributed by atoms with Crippen molar-refractivity contribution in [2.24, 2.45) is 0 Å². The average molecular weight is 381 g/mol. The first-order valence-corrected chi connectivity index (χ1v) is 8.85. The van der Waals surface area contributed by atoms with E-state index in [0.717, 1.165) is 12.8 Å². The zero-order chi connectivity index (χ0) is 20.1. The fourth-order valence-electron chi connectivity index (χ4n) is 3.01. The maximum absolute atomic E-state index is 12.2. The van der Waals surface area contributed by atoms with Crippen LogP contribution in [0, 0.1) is 28.4 Å². The van der Waals surface area contributed by atoms with Gasteiger partial charge in [-0.1, -0.05) is 0 Å². The zero-order valence-electron chi connectivity index (χ0n) is 15.3. The Morgan fingerprint density at radius 3 is 2.89 bits per heavy atom. The molecule has 0 aliphatic carbocycles. The Morgan fingerprint density at radius 2 is 2.25 bits per heavy atom. The fourth-order valence-corrected chi connectivity index (χ4v) is 3.01. The van der Waals surface area contributed by atoms with Crippen LogP contribution in [0.25, 0.3) is 17.4 Å². The van der Waals surface area contributed by atoms with E-state index in [1.165, 1.54) is 18.2 Å². The highest BCUT2D eigenvalue weighted by atomic mass is 16.6. The first kappa shape index (κ1) is 19.3. The summed E-state index contributed by atoms with van der Waals surface area (Å²) in [6.45, 7) is 2.81. The molecule has 2 aromatic rings. The van der Waals surface area contributed by atoms with Crippen molar-refractivity contribution in [3.63, 3.8) is 0 Å². The first-order valence-electron chi connectivity index (χ1n) is 8.85. The second-order valence-corrected chi connectivity index (χ2v) is 6.47. The highest BCUT2D eigenvalue weighted by Crippen LogP contribution is 2.29. The normalized spacial score (nSPS) is 16.6. The number of aryl methyl sites for hydroxylation is 1. The number of hydrogen-bond donors (Lipinski definition) is 1. The largest absolute Gasteiger partial charge is 0.457 e. The molecule has 1 aliphatic rings. The summed E-state index contributed by atoms with van der Waals surface area (Å²) in [6.07, 6.45) is 3.22. The Balaban J connectivity index is 1.73. The first-order chi connectivity index (χ1) is 13.5. The highest BCUT2D eigenvalue weighted by molar-refractivity contribution is 6.01. The van der Waals surface area contributed by atoms with E-state index in [1.54, 1.807) is 25.1 Å². The molecular weight excluding hydrogens is 362 g/mol. The molecule has 0 spiro atoms. The van der Waals surface area contributed by atoms with Crippen molar-refractivity contribution in [2.45, 2.75) is 25.9 Å². The van der Waals surface area contributed by atoms with Crippen molar-refractivity contribution in [3.8, 4) is 17.4 Å². The number of nitrogens with zero attached hydrogens (tertiary/aromatic N) is 2. The Bertz CT molecular complexity index is 964. The van der Waals surface area contributed by atoms with Crippen LogP contribution in [-0.4, -0.2) is 30.1 Å². The minimum Gasteiger partial charge on any atom is -0.457 e. The number of rotatable bonds is 6. The lowest BCUT2D eigenvalue weighted by Gasteiger charge is -2.09. The smallest absolute Gasteiger partial charge is 0.269 e. The van der Waals surface area contributed by atoms with Gasteiger partial charge >= 0.3 is 0 Å². The molecule has 0 radical (unpaired) electrons. The van der Waals surface area contributed by atoms with Gasteiger partial charge in [0.25, 0.3) is 11.6 Å². The van der Waals surface area contributed by atoms with Crippen LogP contribution in [0.2, 0.25) is 0 Å². The van der Waals surface area contributed by atoms with Crippen molar-refractivity contribution in [2.75, 3.05) is 13.2 Å². The number of nitro groups is 1. The fraction of sp³-hybridized carbons (Fsp3) is 0.300. The Labute approximate surface area is 161 Å². The summed E-state index contributed by atoms with van der Waals surface area (Å²) in [4.78, 5) is 22.6. The monoisotopic (exact) mass is 381 g/mol. The summed E-state index contributed by atoms with van der Waals surface area (Å²) in [5.74, 6) is 0.356. The van der Waals surface area contributed by atoms with Crippen molar-refractivity contribution in [1.82, 2.24) is 5.32 Å². The number of nitriles is 1. The van der Waals surface area contributed by atoms with Crippen molar-refractivity contribution >= 4 is 17.7 Å². The molecule has 8 heteroatoms. The molecule has 28 heavy (non-hydrogen) atoms. The molecule has 1 N–H and O–H groups in total. The van der Waals surface area contributed by atoms with E-state index in [9.17, 15) is 20.2 Å². The Morgan fingerprint density at radius 1 is 1.43 bits per heavy atom. The number of hydrogen-bond acceptors (Lipinski definition) is 6. The second-order valence-electron chi connectivity index (χ2n) is 6.47. The van der Waals surface area contributed by atoms with Crippen LogP contribution in [0.1, 0.15) is 24.2 Å². The predicted octanol–water partition coefficient (Wildman–Crippen LogP) is 3.37. The van der Waals surface area contributed by atoms with Crippen LogP contribution in [-0.2, 0) is 9.53 Å². The molecule has 1 atom stereocenters. The molecule has 0 saturated carbocycles. The average Bonchev–Trinajstić information content (AvgIpc) is 3.36. The number of amides is 1. The number of nitrogens with one attached hydrogen (secondary N) is 1.